The molecule has 6 unspecified atom stereocenters. The predicted molar refractivity (Wildman–Crippen MR) is 109 cm³/mol. The van der Waals surface area contributed by atoms with Gasteiger partial charge in [-0.2, -0.15) is 0 Å². The summed E-state index contributed by atoms with van der Waals surface area (Å²) in [5, 5.41) is 0. The van der Waals surface area contributed by atoms with Gasteiger partial charge < -0.3 is 14.2 Å². The Bertz CT molecular complexity index is 583. The van der Waals surface area contributed by atoms with E-state index in [0.29, 0.717) is 11.8 Å². The van der Waals surface area contributed by atoms with Gasteiger partial charge in [0.25, 0.3) is 0 Å². The molecule has 0 radical (unpaired) electrons. The van der Waals surface area contributed by atoms with Gasteiger partial charge in [0.15, 0.2) is 0 Å². The first kappa shape index (κ1) is 22.0. The number of carbonyl (C=O) groups excluding carboxylic acids is 1. The molecule has 0 bridgehead atoms. The molecule has 0 N–H and O–H groups in total. The second kappa shape index (κ2) is 8.38. The van der Waals surface area contributed by atoms with Crippen molar-refractivity contribution >= 4 is 6.16 Å². The zero-order chi connectivity index (χ0) is 20.4. The van der Waals surface area contributed by atoms with Gasteiger partial charge in [-0.25, -0.2) is 4.79 Å². The van der Waals surface area contributed by atoms with Gasteiger partial charge in [0.05, 0.1) is 0 Å². The highest BCUT2D eigenvalue weighted by Gasteiger charge is 2.45. The molecule has 0 aromatic heterocycles. The number of hydrogen-bond donors (Lipinski definition) is 0. The summed E-state index contributed by atoms with van der Waals surface area (Å²) in [7, 11) is 1.69. The number of rotatable bonds is 5. The highest BCUT2D eigenvalue weighted by Crippen LogP contribution is 2.43. The van der Waals surface area contributed by atoms with Gasteiger partial charge in [-0.1, -0.05) is 31.2 Å². The molecule has 0 amide bonds. The number of carbonyl (C=O) groups is 1. The van der Waals surface area contributed by atoms with Crippen molar-refractivity contribution in [1.29, 1.82) is 0 Å². The average Bonchev–Trinajstić information content (AvgIpc) is 2.59. The summed E-state index contributed by atoms with van der Waals surface area (Å²) >= 11 is 0. The maximum absolute atomic E-state index is 12.7. The van der Waals surface area contributed by atoms with E-state index in [-0.39, 0.29) is 12.0 Å². The lowest BCUT2D eigenvalue weighted by Gasteiger charge is -2.44. The summed E-state index contributed by atoms with van der Waals surface area (Å²) < 4.78 is 17.4. The number of hydrogen-bond acceptors (Lipinski definition) is 4. The molecular formula is C23H38O4. The minimum absolute atomic E-state index is 0.267. The molecule has 4 heteroatoms. The van der Waals surface area contributed by atoms with Crippen LogP contribution in [0.15, 0.2) is 24.3 Å². The molecule has 0 aromatic rings. The predicted octanol–water partition coefficient (Wildman–Crippen LogP) is 6.06. The molecule has 27 heavy (non-hydrogen) atoms. The second-order valence-electron chi connectivity index (χ2n) is 9.32. The third kappa shape index (κ3) is 4.96. The van der Waals surface area contributed by atoms with Gasteiger partial charge >= 0.3 is 6.16 Å². The summed E-state index contributed by atoms with van der Waals surface area (Å²) in [4.78, 5) is 12.7. The Balaban J connectivity index is 2.02. The van der Waals surface area contributed by atoms with Crippen LogP contribution in [0.1, 0.15) is 73.1 Å². The van der Waals surface area contributed by atoms with Crippen molar-refractivity contribution in [3.63, 3.8) is 0 Å². The molecule has 154 valence electrons. The van der Waals surface area contributed by atoms with Gasteiger partial charge in [0.2, 0.25) is 0 Å². The van der Waals surface area contributed by atoms with E-state index >= 15 is 0 Å². The van der Waals surface area contributed by atoms with Gasteiger partial charge in [-0.05, 0) is 84.0 Å². The summed E-state index contributed by atoms with van der Waals surface area (Å²) in [5.41, 5.74) is 1.38. The van der Waals surface area contributed by atoms with Crippen LogP contribution in [0.3, 0.4) is 0 Å². The van der Waals surface area contributed by atoms with Gasteiger partial charge in [-0.3, -0.25) is 0 Å². The smallest absolute Gasteiger partial charge is 0.428 e. The maximum Gasteiger partial charge on any atom is 0.509 e. The first-order chi connectivity index (χ1) is 12.5. The highest BCUT2D eigenvalue weighted by atomic mass is 16.7. The lowest BCUT2D eigenvalue weighted by molar-refractivity contribution is -0.150. The van der Waals surface area contributed by atoms with Gasteiger partial charge in [0, 0.05) is 7.11 Å². The largest absolute Gasteiger partial charge is 0.509 e. The third-order valence-electron chi connectivity index (χ3n) is 7.25. The Morgan fingerprint density at radius 3 is 1.96 bits per heavy atom. The molecule has 0 saturated heterocycles. The molecule has 0 heterocycles. The Hall–Kier alpha value is -1.29. The monoisotopic (exact) mass is 378 g/mol. The zero-order valence-electron chi connectivity index (χ0n) is 18.1. The quantitative estimate of drug-likeness (QED) is 0.431. The van der Waals surface area contributed by atoms with E-state index in [2.05, 4.69) is 27.0 Å². The van der Waals surface area contributed by atoms with E-state index in [1.165, 1.54) is 5.57 Å². The maximum atomic E-state index is 12.7. The van der Waals surface area contributed by atoms with Crippen LogP contribution >= 0.6 is 0 Å². The van der Waals surface area contributed by atoms with E-state index < -0.39 is 17.4 Å². The number of methoxy groups -OCH3 is 1. The van der Waals surface area contributed by atoms with Gasteiger partial charge in [0.1, 0.15) is 17.3 Å². The molecule has 0 spiro atoms. The molecule has 0 aromatic carbocycles. The zero-order valence-corrected chi connectivity index (χ0v) is 18.1. The Morgan fingerprint density at radius 2 is 1.48 bits per heavy atom. The normalized spacial score (nSPS) is 39.5. The SMILES string of the molecule is C=C(C)C1CCC(C)(OC(=O)OC2CC(C(=C)C)CCC2(C)OC)C(C)C1. The van der Waals surface area contributed by atoms with Crippen LogP contribution in [0.25, 0.3) is 0 Å². The van der Waals surface area contributed by atoms with Crippen molar-refractivity contribution in [2.75, 3.05) is 7.11 Å². The fourth-order valence-electron chi connectivity index (χ4n) is 4.53. The number of allylic oxidation sites excluding steroid dienone is 2. The summed E-state index contributed by atoms with van der Waals surface area (Å²) in [6.45, 7) is 18.5. The Morgan fingerprint density at radius 1 is 0.963 bits per heavy atom. The standard InChI is InChI=1S/C23H38O4/c1-15(2)18-9-11-22(6,17(5)13-18)27-21(24)26-20-14-19(16(3)4)10-12-23(20,7)25-8/h17-20H,1,3,9-14H2,2,4-8H3. The summed E-state index contributed by atoms with van der Waals surface area (Å²) in [6, 6.07) is 0. The van der Waals surface area contributed by atoms with Crippen molar-refractivity contribution in [2.24, 2.45) is 17.8 Å². The average molecular weight is 379 g/mol. The van der Waals surface area contributed by atoms with Crippen LogP contribution in [0.4, 0.5) is 4.79 Å². The first-order valence-electron chi connectivity index (χ1n) is 10.3. The van der Waals surface area contributed by atoms with Crippen LogP contribution in [0, 0.1) is 17.8 Å². The van der Waals surface area contributed by atoms with Crippen molar-refractivity contribution in [1.82, 2.24) is 0 Å². The molecule has 2 fully saturated rings. The minimum atomic E-state index is -0.575. The fraction of sp³-hybridized carbons (Fsp3) is 0.783. The van der Waals surface area contributed by atoms with E-state index in [1.807, 2.05) is 20.8 Å². The Labute approximate surface area is 165 Å². The fourth-order valence-corrected chi connectivity index (χ4v) is 4.53. The van der Waals surface area contributed by atoms with Crippen LogP contribution in [-0.2, 0) is 14.2 Å². The second-order valence-corrected chi connectivity index (χ2v) is 9.32. The first-order valence-corrected chi connectivity index (χ1v) is 10.3. The van der Waals surface area contributed by atoms with Crippen molar-refractivity contribution < 1.29 is 19.0 Å². The van der Waals surface area contributed by atoms with E-state index in [1.54, 1.807) is 7.11 Å². The highest BCUT2D eigenvalue weighted by molar-refractivity contribution is 5.61. The number of ether oxygens (including phenoxy) is 3. The molecule has 2 aliphatic rings. The minimum Gasteiger partial charge on any atom is -0.428 e. The van der Waals surface area contributed by atoms with Crippen LogP contribution in [0.2, 0.25) is 0 Å². The molecule has 2 aliphatic carbocycles. The van der Waals surface area contributed by atoms with Crippen LogP contribution in [0.5, 0.6) is 0 Å². The van der Waals surface area contributed by atoms with Crippen LogP contribution < -0.4 is 0 Å². The summed E-state index contributed by atoms with van der Waals surface area (Å²) in [6.07, 6.45) is 4.51. The molecule has 6 atom stereocenters. The van der Waals surface area contributed by atoms with E-state index in [4.69, 9.17) is 14.2 Å². The lowest BCUT2D eigenvalue weighted by Crippen LogP contribution is -2.50. The van der Waals surface area contributed by atoms with Crippen LogP contribution in [-0.4, -0.2) is 30.6 Å². The topological polar surface area (TPSA) is 44.8 Å². The van der Waals surface area contributed by atoms with E-state index in [0.717, 1.165) is 44.1 Å². The van der Waals surface area contributed by atoms with Crippen molar-refractivity contribution in [2.45, 2.75) is 90.4 Å². The molecule has 2 saturated carbocycles. The van der Waals surface area contributed by atoms with Crippen molar-refractivity contribution in [3.05, 3.63) is 24.3 Å². The molecular weight excluding hydrogens is 340 g/mol. The summed E-state index contributed by atoms with van der Waals surface area (Å²) in [5.74, 6) is 1.13. The van der Waals surface area contributed by atoms with Crippen molar-refractivity contribution in [3.8, 4) is 0 Å². The molecule has 0 aliphatic heterocycles. The third-order valence-corrected chi connectivity index (χ3v) is 7.25. The molecule has 2 rings (SSSR count). The Kier molecular flexibility index (Phi) is 6.83. The van der Waals surface area contributed by atoms with Gasteiger partial charge in [-0.15, -0.1) is 0 Å². The molecule has 4 nitrogen and oxygen atoms in total. The lowest BCUT2D eigenvalue weighted by atomic mass is 9.71. The van der Waals surface area contributed by atoms with E-state index in [9.17, 15) is 4.79 Å².